The zero-order chi connectivity index (χ0) is 13.0. The minimum Gasteiger partial charge on any atom is -0.504 e. The molecule has 5 nitrogen and oxygen atoms in total. The maximum atomic E-state index is 11.8. The molecule has 6 heteroatoms. The number of ether oxygens (including phenoxy) is 1. The average molecular weight is 272 g/mol. The van der Waals surface area contributed by atoms with E-state index in [0.717, 1.165) is 26.2 Å². The lowest BCUT2D eigenvalue weighted by Crippen LogP contribution is -2.90. The van der Waals surface area contributed by atoms with E-state index in [1.807, 2.05) is 0 Å². The van der Waals surface area contributed by atoms with Crippen molar-refractivity contribution in [3.63, 3.8) is 0 Å². The summed E-state index contributed by atoms with van der Waals surface area (Å²) in [6.07, 6.45) is 0. The van der Waals surface area contributed by atoms with Crippen LogP contribution in [0.5, 0.6) is 11.5 Å². The van der Waals surface area contributed by atoms with E-state index in [-0.39, 0.29) is 24.0 Å². The van der Waals surface area contributed by atoms with Crippen molar-refractivity contribution in [2.24, 2.45) is 0 Å². The number of rotatable bonds is 3. The van der Waals surface area contributed by atoms with Crippen LogP contribution in [0.15, 0.2) is 18.2 Å². The van der Waals surface area contributed by atoms with Crippen molar-refractivity contribution in [3.8, 4) is 11.5 Å². The Balaban J connectivity index is 1.90. The molecule has 0 aliphatic carbocycles. The molecule has 3 N–H and O–H groups in total. The van der Waals surface area contributed by atoms with Gasteiger partial charge >= 0.3 is 0 Å². The molecule has 1 amide bonds. The molecule has 1 aliphatic rings. The van der Waals surface area contributed by atoms with Crippen molar-refractivity contribution in [2.45, 2.75) is 0 Å². The second kappa shape index (κ2) is 5.93. The number of hydrogen-bond donors (Lipinski definition) is 2. The number of carbonyl (C=O) groups is 1. The van der Waals surface area contributed by atoms with Gasteiger partial charge in [-0.25, -0.2) is 0 Å². The molecule has 0 spiro atoms. The Morgan fingerprint density at radius 2 is 2.17 bits per heavy atom. The monoisotopic (exact) mass is 271 g/mol. The number of hydrogen-bond acceptors (Lipinski definition) is 3. The SMILES string of the molecule is O=C(COc1cc(Cl)ccc1O)N1CC[NH2+]CC1. The Hall–Kier alpha value is -1.46. The lowest BCUT2D eigenvalue weighted by atomic mass is 10.3. The van der Waals surface area contributed by atoms with Crippen LogP contribution in [-0.2, 0) is 4.79 Å². The Morgan fingerprint density at radius 3 is 2.89 bits per heavy atom. The summed E-state index contributed by atoms with van der Waals surface area (Å²) >= 11 is 5.79. The van der Waals surface area contributed by atoms with Gasteiger partial charge in [0, 0.05) is 11.1 Å². The maximum Gasteiger partial charge on any atom is 0.260 e. The van der Waals surface area contributed by atoms with Gasteiger partial charge in [0.1, 0.15) is 0 Å². The predicted octanol–water partition coefficient (Wildman–Crippen LogP) is -0.170. The fourth-order valence-electron chi connectivity index (χ4n) is 1.83. The van der Waals surface area contributed by atoms with Crippen LogP contribution in [-0.4, -0.2) is 48.7 Å². The minimum absolute atomic E-state index is 0.0147. The van der Waals surface area contributed by atoms with Crippen molar-refractivity contribution in [3.05, 3.63) is 23.2 Å². The molecule has 0 atom stereocenters. The van der Waals surface area contributed by atoms with Gasteiger partial charge < -0.3 is 20.1 Å². The number of quaternary nitrogens is 1. The Morgan fingerprint density at radius 1 is 1.44 bits per heavy atom. The summed E-state index contributed by atoms with van der Waals surface area (Å²) in [6.45, 7) is 3.25. The van der Waals surface area contributed by atoms with Crippen LogP contribution < -0.4 is 10.1 Å². The molecule has 98 valence electrons. The summed E-state index contributed by atoms with van der Waals surface area (Å²) in [5, 5.41) is 12.2. The van der Waals surface area contributed by atoms with Gasteiger partial charge in [0.15, 0.2) is 18.1 Å². The highest BCUT2D eigenvalue weighted by Crippen LogP contribution is 2.28. The van der Waals surface area contributed by atoms with Crippen molar-refractivity contribution in [2.75, 3.05) is 32.8 Å². The highest BCUT2D eigenvalue weighted by molar-refractivity contribution is 6.30. The van der Waals surface area contributed by atoms with Crippen LogP contribution in [0.25, 0.3) is 0 Å². The Kier molecular flexibility index (Phi) is 4.28. The second-order valence-electron chi connectivity index (χ2n) is 4.15. The summed E-state index contributed by atoms with van der Waals surface area (Å²) in [4.78, 5) is 13.6. The summed E-state index contributed by atoms with van der Waals surface area (Å²) in [7, 11) is 0. The molecule has 1 saturated heterocycles. The summed E-state index contributed by atoms with van der Waals surface area (Å²) < 4.78 is 5.30. The number of phenols is 1. The van der Waals surface area contributed by atoms with Crippen molar-refractivity contribution in [1.29, 1.82) is 0 Å². The number of amides is 1. The number of nitrogens with two attached hydrogens (primary N) is 1. The third kappa shape index (κ3) is 3.27. The summed E-state index contributed by atoms with van der Waals surface area (Å²) in [5.41, 5.74) is 0. The van der Waals surface area contributed by atoms with E-state index >= 15 is 0 Å². The minimum atomic E-state index is -0.0755. The Bertz CT molecular complexity index is 433. The van der Waals surface area contributed by atoms with Crippen molar-refractivity contribution >= 4 is 17.5 Å². The smallest absolute Gasteiger partial charge is 0.260 e. The van der Waals surface area contributed by atoms with Crippen LogP contribution in [0.1, 0.15) is 0 Å². The molecule has 1 aliphatic heterocycles. The first-order valence-electron chi connectivity index (χ1n) is 5.87. The molecular weight excluding hydrogens is 256 g/mol. The lowest BCUT2D eigenvalue weighted by molar-refractivity contribution is -0.662. The van der Waals surface area contributed by atoms with E-state index < -0.39 is 0 Å². The molecule has 1 aromatic carbocycles. The van der Waals surface area contributed by atoms with E-state index in [9.17, 15) is 9.90 Å². The number of halogens is 1. The lowest BCUT2D eigenvalue weighted by Gasteiger charge is -2.25. The van der Waals surface area contributed by atoms with Crippen molar-refractivity contribution in [1.82, 2.24) is 4.90 Å². The number of carbonyl (C=O) groups excluding carboxylic acids is 1. The first kappa shape index (κ1) is 13.0. The highest BCUT2D eigenvalue weighted by Gasteiger charge is 2.18. The molecule has 0 saturated carbocycles. The normalized spacial score (nSPS) is 15.5. The van der Waals surface area contributed by atoms with Gasteiger partial charge in [-0.1, -0.05) is 11.6 Å². The number of benzene rings is 1. The van der Waals surface area contributed by atoms with E-state index in [0.29, 0.717) is 5.02 Å². The van der Waals surface area contributed by atoms with Gasteiger partial charge in [-0.15, -0.1) is 0 Å². The zero-order valence-corrected chi connectivity index (χ0v) is 10.7. The van der Waals surface area contributed by atoms with Crippen LogP contribution in [0.4, 0.5) is 0 Å². The van der Waals surface area contributed by atoms with Crippen molar-refractivity contribution < 1.29 is 20.0 Å². The van der Waals surface area contributed by atoms with Gasteiger partial charge in [-0.2, -0.15) is 0 Å². The summed E-state index contributed by atoms with van der Waals surface area (Å²) in [6, 6.07) is 4.50. The first-order valence-corrected chi connectivity index (χ1v) is 6.25. The molecule has 0 aromatic heterocycles. The zero-order valence-electron chi connectivity index (χ0n) is 9.93. The molecule has 0 bridgehead atoms. The molecule has 0 unspecified atom stereocenters. The van der Waals surface area contributed by atoms with Crippen LogP contribution in [0.2, 0.25) is 5.02 Å². The topological polar surface area (TPSA) is 66.4 Å². The molecule has 1 aromatic rings. The fourth-order valence-corrected chi connectivity index (χ4v) is 2.00. The van der Waals surface area contributed by atoms with Crippen LogP contribution in [0.3, 0.4) is 0 Å². The second-order valence-corrected chi connectivity index (χ2v) is 4.58. The van der Waals surface area contributed by atoms with E-state index in [1.54, 1.807) is 11.0 Å². The molecule has 2 rings (SSSR count). The quantitative estimate of drug-likeness (QED) is 0.802. The first-order chi connectivity index (χ1) is 8.66. The van der Waals surface area contributed by atoms with Gasteiger partial charge in [-0.3, -0.25) is 4.79 Å². The van der Waals surface area contributed by atoms with Gasteiger partial charge in [0.25, 0.3) is 5.91 Å². The van der Waals surface area contributed by atoms with Crippen LogP contribution in [0, 0.1) is 0 Å². The van der Waals surface area contributed by atoms with E-state index in [4.69, 9.17) is 16.3 Å². The standard InChI is InChI=1S/C12H15ClN2O3/c13-9-1-2-10(16)11(7-9)18-8-12(17)15-5-3-14-4-6-15/h1-2,7,14,16H,3-6,8H2/p+1. The average Bonchev–Trinajstić information content (AvgIpc) is 2.40. The summed E-state index contributed by atoms with van der Waals surface area (Å²) in [5.74, 6) is 0.154. The fraction of sp³-hybridized carbons (Fsp3) is 0.417. The largest absolute Gasteiger partial charge is 0.504 e. The van der Waals surface area contributed by atoms with Gasteiger partial charge in [0.05, 0.1) is 26.2 Å². The predicted molar refractivity (Wildman–Crippen MR) is 66.9 cm³/mol. The molecule has 0 radical (unpaired) electrons. The molecule has 1 fully saturated rings. The van der Waals surface area contributed by atoms with Gasteiger partial charge in [-0.05, 0) is 12.1 Å². The van der Waals surface area contributed by atoms with Crippen LogP contribution >= 0.6 is 11.6 Å². The molecule has 1 heterocycles. The van der Waals surface area contributed by atoms with E-state index in [2.05, 4.69) is 5.32 Å². The number of piperazine rings is 1. The molecule has 18 heavy (non-hydrogen) atoms. The third-order valence-corrected chi connectivity index (χ3v) is 3.07. The highest BCUT2D eigenvalue weighted by atomic mass is 35.5. The third-order valence-electron chi connectivity index (χ3n) is 2.83. The number of phenolic OH excluding ortho intramolecular Hbond substituents is 1. The number of nitrogens with zero attached hydrogens (tertiary/aromatic N) is 1. The molecular formula is C12H16ClN2O3+. The Labute approximate surface area is 110 Å². The number of aromatic hydroxyl groups is 1. The maximum absolute atomic E-state index is 11.8. The van der Waals surface area contributed by atoms with E-state index in [1.165, 1.54) is 12.1 Å². The van der Waals surface area contributed by atoms with Gasteiger partial charge in [0.2, 0.25) is 0 Å².